The summed E-state index contributed by atoms with van der Waals surface area (Å²) in [5.41, 5.74) is 0.897. The highest BCUT2D eigenvalue weighted by molar-refractivity contribution is 6.09. The maximum atomic E-state index is 12.6. The first kappa shape index (κ1) is 17.8. The lowest BCUT2D eigenvalue weighted by molar-refractivity contribution is -0.145. The molecule has 0 aliphatic carbocycles. The molecule has 1 aromatic rings. The van der Waals surface area contributed by atoms with Gasteiger partial charge in [-0.3, -0.25) is 9.59 Å². The Kier molecular flexibility index (Phi) is 5.30. The zero-order chi connectivity index (χ0) is 17.9. The normalized spacial score (nSPS) is 18.3. The molecule has 0 radical (unpaired) electrons. The van der Waals surface area contributed by atoms with E-state index in [9.17, 15) is 9.59 Å². The van der Waals surface area contributed by atoms with Gasteiger partial charge in [0.15, 0.2) is 0 Å². The lowest BCUT2D eigenvalue weighted by atomic mass is 9.90. The van der Waals surface area contributed by atoms with E-state index in [-0.39, 0.29) is 11.8 Å². The fourth-order valence-electron chi connectivity index (χ4n) is 3.61. The second-order valence-corrected chi connectivity index (χ2v) is 7.67. The summed E-state index contributed by atoms with van der Waals surface area (Å²) in [6.07, 6.45) is 5.85. The van der Waals surface area contributed by atoms with Crippen molar-refractivity contribution in [1.29, 1.82) is 0 Å². The fourth-order valence-corrected chi connectivity index (χ4v) is 3.61. The van der Waals surface area contributed by atoms with Crippen molar-refractivity contribution in [2.24, 2.45) is 5.41 Å². The van der Waals surface area contributed by atoms with Crippen LogP contribution >= 0.6 is 0 Å². The summed E-state index contributed by atoms with van der Waals surface area (Å²) in [6, 6.07) is 7.96. The van der Waals surface area contributed by atoms with Crippen molar-refractivity contribution in [2.75, 3.05) is 36.4 Å². The minimum atomic E-state index is -1.05. The van der Waals surface area contributed by atoms with Crippen molar-refractivity contribution >= 4 is 23.2 Å². The molecule has 0 unspecified atom stereocenters. The fraction of sp³-hybridized carbons (Fsp3) is 0.600. The molecule has 136 valence electrons. The zero-order valence-electron chi connectivity index (χ0n) is 15.4. The predicted octanol–water partition coefficient (Wildman–Crippen LogP) is 3.26. The highest BCUT2D eigenvalue weighted by Crippen LogP contribution is 2.26. The van der Waals surface area contributed by atoms with E-state index in [0.29, 0.717) is 0 Å². The van der Waals surface area contributed by atoms with Crippen LogP contribution in [0.25, 0.3) is 0 Å². The molecule has 5 heteroatoms. The first-order chi connectivity index (χ1) is 12.0. The number of carbonyl (C=O) groups excluding carboxylic acids is 2. The van der Waals surface area contributed by atoms with Gasteiger partial charge in [-0.15, -0.1) is 0 Å². The van der Waals surface area contributed by atoms with Crippen LogP contribution in [0.4, 0.5) is 11.4 Å². The predicted molar refractivity (Wildman–Crippen MR) is 101 cm³/mol. The number of nitrogens with zero attached hydrogens (tertiary/aromatic N) is 2. The van der Waals surface area contributed by atoms with Crippen LogP contribution in [-0.4, -0.2) is 42.9 Å². The number of piperidine rings is 1. The summed E-state index contributed by atoms with van der Waals surface area (Å²) in [7, 11) is 0. The second kappa shape index (κ2) is 7.46. The van der Waals surface area contributed by atoms with Gasteiger partial charge in [-0.05, 0) is 70.2 Å². The van der Waals surface area contributed by atoms with Gasteiger partial charge in [-0.1, -0.05) is 0 Å². The molecule has 2 saturated heterocycles. The molecule has 1 N–H and O–H groups in total. The molecule has 2 aliphatic rings. The third-order valence-corrected chi connectivity index (χ3v) is 5.34. The lowest BCUT2D eigenvalue weighted by Gasteiger charge is -2.29. The molecule has 1 aromatic carbocycles. The number of amides is 2. The van der Waals surface area contributed by atoms with E-state index in [0.717, 1.165) is 44.7 Å². The minimum absolute atomic E-state index is 0.0764. The van der Waals surface area contributed by atoms with Crippen LogP contribution in [0.15, 0.2) is 24.3 Å². The molecule has 0 bridgehead atoms. The standard InChI is InChI=1S/C20H29N3O2/c1-20(2,19(25)23-14-6-7-15-23)18(24)21-16-8-10-17(11-9-16)22-12-4-3-5-13-22/h8-11H,3-7,12-15H2,1-2H3,(H,21,24). The number of benzene rings is 1. The van der Waals surface area contributed by atoms with Gasteiger partial charge >= 0.3 is 0 Å². The summed E-state index contributed by atoms with van der Waals surface area (Å²) < 4.78 is 0. The van der Waals surface area contributed by atoms with Gasteiger partial charge in [0.25, 0.3) is 0 Å². The first-order valence-corrected chi connectivity index (χ1v) is 9.44. The summed E-state index contributed by atoms with van der Waals surface area (Å²) in [5, 5.41) is 2.91. The highest BCUT2D eigenvalue weighted by atomic mass is 16.2. The number of hydrogen-bond acceptors (Lipinski definition) is 3. The number of rotatable bonds is 4. The van der Waals surface area contributed by atoms with E-state index in [4.69, 9.17) is 0 Å². The van der Waals surface area contributed by atoms with Gasteiger partial charge in [-0.2, -0.15) is 0 Å². The van der Waals surface area contributed by atoms with Crippen LogP contribution in [0.5, 0.6) is 0 Å². The van der Waals surface area contributed by atoms with Crippen LogP contribution < -0.4 is 10.2 Å². The summed E-state index contributed by atoms with van der Waals surface area (Å²) in [5.74, 6) is -0.317. The van der Waals surface area contributed by atoms with Crippen molar-refractivity contribution in [2.45, 2.75) is 46.0 Å². The lowest BCUT2D eigenvalue weighted by Crippen LogP contribution is -2.46. The summed E-state index contributed by atoms with van der Waals surface area (Å²) >= 11 is 0. The third kappa shape index (κ3) is 3.97. The second-order valence-electron chi connectivity index (χ2n) is 7.67. The Morgan fingerprint density at radius 3 is 2.04 bits per heavy atom. The van der Waals surface area contributed by atoms with Crippen molar-refractivity contribution in [3.05, 3.63) is 24.3 Å². The molecule has 3 rings (SSSR count). The molecule has 0 spiro atoms. The van der Waals surface area contributed by atoms with E-state index in [2.05, 4.69) is 22.3 Å². The molecule has 5 nitrogen and oxygen atoms in total. The van der Waals surface area contributed by atoms with Gasteiger partial charge < -0.3 is 15.1 Å². The Hall–Kier alpha value is -2.04. The summed E-state index contributed by atoms with van der Waals surface area (Å²) in [4.78, 5) is 29.5. The van der Waals surface area contributed by atoms with Crippen molar-refractivity contribution in [3.63, 3.8) is 0 Å². The molecule has 2 fully saturated rings. The van der Waals surface area contributed by atoms with Crippen LogP contribution in [-0.2, 0) is 9.59 Å². The van der Waals surface area contributed by atoms with Crippen molar-refractivity contribution in [3.8, 4) is 0 Å². The van der Waals surface area contributed by atoms with Gasteiger partial charge in [-0.25, -0.2) is 0 Å². The van der Waals surface area contributed by atoms with Crippen molar-refractivity contribution < 1.29 is 9.59 Å². The Labute approximate surface area is 150 Å². The largest absolute Gasteiger partial charge is 0.372 e. The highest BCUT2D eigenvalue weighted by Gasteiger charge is 2.39. The maximum Gasteiger partial charge on any atom is 0.239 e. The average Bonchev–Trinajstić information content (AvgIpc) is 3.17. The van der Waals surface area contributed by atoms with Gasteiger partial charge in [0.1, 0.15) is 5.41 Å². The number of carbonyl (C=O) groups is 2. The number of nitrogens with one attached hydrogen (secondary N) is 1. The van der Waals surface area contributed by atoms with E-state index in [1.807, 2.05) is 12.1 Å². The number of hydrogen-bond donors (Lipinski definition) is 1. The molecule has 25 heavy (non-hydrogen) atoms. The molecular weight excluding hydrogens is 314 g/mol. The van der Waals surface area contributed by atoms with Crippen LogP contribution in [0.3, 0.4) is 0 Å². The van der Waals surface area contributed by atoms with E-state index in [1.54, 1.807) is 18.7 Å². The Bertz CT molecular complexity index is 612. The molecule has 2 amide bonds. The van der Waals surface area contributed by atoms with Crippen LogP contribution in [0.1, 0.15) is 46.0 Å². The first-order valence-electron chi connectivity index (χ1n) is 9.44. The van der Waals surface area contributed by atoms with E-state index >= 15 is 0 Å². The monoisotopic (exact) mass is 343 g/mol. The molecular formula is C20H29N3O2. The molecule has 2 aliphatic heterocycles. The molecule has 0 atom stereocenters. The zero-order valence-corrected chi connectivity index (χ0v) is 15.4. The summed E-state index contributed by atoms with van der Waals surface area (Å²) in [6.45, 7) is 7.16. The van der Waals surface area contributed by atoms with E-state index < -0.39 is 5.41 Å². The van der Waals surface area contributed by atoms with Crippen LogP contribution in [0, 0.1) is 5.41 Å². The van der Waals surface area contributed by atoms with Gasteiger partial charge in [0.2, 0.25) is 11.8 Å². The number of anilines is 2. The molecule has 2 heterocycles. The number of likely N-dealkylation sites (tertiary alicyclic amines) is 1. The van der Waals surface area contributed by atoms with Crippen LogP contribution in [0.2, 0.25) is 0 Å². The maximum absolute atomic E-state index is 12.6. The van der Waals surface area contributed by atoms with E-state index in [1.165, 1.54) is 24.9 Å². The Morgan fingerprint density at radius 1 is 0.880 bits per heavy atom. The Balaban J connectivity index is 1.62. The average molecular weight is 343 g/mol. The Morgan fingerprint density at radius 2 is 1.44 bits per heavy atom. The minimum Gasteiger partial charge on any atom is -0.372 e. The quantitative estimate of drug-likeness (QED) is 0.854. The SMILES string of the molecule is CC(C)(C(=O)Nc1ccc(N2CCCCC2)cc1)C(=O)N1CCCC1. The van der Waals surface area contributed by atoms with Gasteiger partial charge in [0, 0.05) is 37.6 Å². The molecule has 0 saturated carbocycles. The molecule has 0 aromatic heterocycles. The van der Waals surface area contributed by atoms with Gasteiger partial charge in [0.05, 0.1) is 0 Å². The third-order valence-electron chi connectivity index (χ3n) is 5.34. The smallest absolute Gasteiger partial charge is 0.239 e. The topological polar surface area (TPSA) is 52.7 Å². The van der Waals surface area contributed by atoms with Crippen molar-refractivity contribution in [1.82, 2.24) is 4.90 Å².